The van der Waals surface area contributed by atoms with Crippen molar-refractivity contribution in [2.45, 2.75) is 39.2 Å². The zero-order valence-corrected chi connectivity index (χ0v) is 21.8. The Morgan fingerprint density at radius 3 is 2.68 bits per heavy atom. The minimum Gasteiger partial charge on any atom is -0.351 e. The molecule has 0 unspecified atom stereocenters. The van der Waals surface area contributed by atoms with Gasteiger partial charge in [0.15, 0.2) is 0 Å². The first-order valence-electron chi connectivity index (χ1n) is 12.6. The van der Waals surface area contributed by atoms with E-state index in [1.54, 1.807) is 35.3 Å². The van der Waals surface area contributed by atoms with E-state index in [2.05, 4.69) is 44.4 Å². The number of nitrogens with zero attached hydrogens (tertiary/aromatic N) is 4. The topological polar surface area (TPSA) is 108 Å². The normalized spacial score (nSPS) is 15.2. The lowest BCUT2D eigenvalue weighted by atomic mass is 10.0. The number of nitrogens with one attached hydrogen (secondary N) is 3. The van der Waals surface area contributed by atoms with Crippen LogP contribution in [0.15, 0.2) is 48.9 Å². The molecule has 1 aromatic carbocycles. The maximum Gasteiger partial charge on any atom is 0.257 e. The lowest BCUT2D eigenvalue weighted by Crippen LogP contribution is -2.43. The number of aromatic amines is 1. The molecule has 0 aliphatic carbocycles. The molecule has 1 aliphatic heterocycles. The highest BCUT2D eigenvalue weighted by molar-refractivity contribution is 6.07. The lowest BCUT2D eigenvalue weighted by Gasteiger charge is -2.31. The van der Waals surface area contributed by atoms with Crippen molar-refractivity contribution in [1.82, 2.24) is 30.0 Å². The number of amides is 2. The zero-order chi connectivity index (χ0) is 26.2. The van der Waals surface area contributed by atoms with Gasteiger partial charge in [-0.2, -0.15) is 5.10 Å². The van der Waals surface area contributed by atoms with E-state index in [0.717, 1.165) is 35.3 Å². The van der Waals surface area contributed by atoms with E-state index >= 15 is 0 Å². The van der Waals surface area contributed by atoms with Gasteiger partial charge in [0.25, 0.3) is 11.8 Å². The van der Waals surface area contributed by atoms with Gasteiger partial charge in [-0.05, 0) is 70.0 Å². The summed E-state index contributed by atoms with van der Waals surface area (Å²) < 4.78 is 1.73. The van der Waals surface area contributed by atoms with Crippen LogP contribution in [0.4, 0.5) is 5.69 Å². The highest BCUT2D eigenvalue weighted by atomic mass is 16.2. The molecule has 1 aliphatic rings. The van der Waals surface area contributed by atoms with Gasteiger partial charge in [-0.15, -0.1) is 0 Å². The molecule has 3 aromatic heterocycles. The summed E-state index contributed by atoms with van der Waals surface area (Å²) in [5, 5.41) is 11.0. The minimum atomic E-state index is -0.282. The van der Waals surface area contributed by atoms with E-state index in [4.69, 9.17) is 0 Å². The number of carbonyl (C=O) groups is 2. The second-order valence-corrected chi connectivity index (χ2v) is 10.4. The summed E-state index contributed by atoms with van der Waals surface area (Å²) in [6.07, 6.45) is 7.61. The van der Waals surface area contributed by atoms with Crippen LogP contribution in [-0.4, -0.2) is 61.6 Å². The zero-order valence-electron chi connectivity index (χ0n) is 21.8. The van der Waals surface area contributed by atoms with E-state index in [-0.39, 0.29) is 17.4 Å². The number of pyridine rings is 1. The van der Waals surface area contributed by atoms with E-state index in [9.17, 15) is 9.59 Å². The third kappa shape index (κ3) is 5.27. The first-order valence-corrected chi connectivity index (χ1v) is 12.6. The van der Waals surface area contributed by atoms with Gasteiger partial charge in [-0.25, -0.2) is 4.98 Å². The largest absolute Gasteiger partial charge is 0.351 e. The van der Waals surface area contributed by atoms with Crippen molar-refractivity contribution < 1.29 is 9.59 Å². The first kappa shape index (κ1) is 24.7. The fraction of sp³-hybridized carbons (Fsp3) is 0.357. The summed E-state index contributed by atoms with van der Waals surface area (Å²) in [6.45, 7) is 8.88. The molecule has 0 atom stereocenters. The second-order valence-electron chi connectivity index (χ2n) is 10.4. The number of carbonyl (C=O) groups excluding carboxylic acids is 2. The summed E-state index contributed by atoms with van der Waals surface area (Å²) in [5.74, 6) is -0.429. The van der Waals surface area contributed by atoms with Crippen molar-refractivity contribution in [2.75, 3.05) is 25.0 Å². The summed E-state index contributed by atoms with van der Waals surface area (Å²) in [7, 11) is 1.86. The van der Waals surface area contributed by atoms with Gasteiger partial charge in [-0.1, -0.05) is 6.07 Å². The Hall–Kier alpha value is -3.98. The highest BCUT2D eigenvalue weighted by Gasteiger charge is 2.31. The Morgan fingerprint density at radius 1 is 1.11 bits per heavy atom. The van der Waals surface area contributed by atoms with Gasteiger partial charge in [0.05, 0.1) is 17.5 Å². The Morgan fingerprint density at radius 2 is 1.95 bits per heavy atom. The Bertz CT molecular complexity index is 1470. The van der Waals surface area contributed by atoms with Gasteiger partial charge in [-0.3, -0.25) is 19.2 Å². The fourth-order valence-electron chi connectivity index (χ4n) is 4.93. The number of aryl methyl sites for hydroxylation is 2. The van der Waals surface area contributed by atoms with Gasteiger partial charge in [0.2, 0.25) is 0 Å². The molecule has 5 rings (SSSR count). The summed E-state index contributed by atoms with van der Waals surface area (Å²) >= 11 is 0. The number of anilines is 1. The molecular formula is C28H33N7O2. The van der Waals surface area contributed by atoms with Crippen molar-refractivity contribution in [2.24, 2.45) is 7.05 Å². The fourth-order valence-corrected chi connectivity index (χ4v) is 4.93. The monoisotopic (exact) mass is 499 g/mol. The molecule has 0 saturated carbocycles. The Balaban J connectivity index is 1.25. The maximum absolute atomic E-state index is 13.1. The maximum atomic E-state index is 13.1. The van der Waals surface area contributed by atoms with Gasteiger partial charge in [0, 0.05) is 60.3 Å². The predicted octanol–water partition coefficient (Wildman–Crippen LogP) is 4.13. The molecule has 3 N–H and O–H groups in total. The van der Waals surface area contributed by atoms with Gasteiger partial charge < -0.3 is 15.6 Å². The summed E-state index contributed by atoms with van der Waals surface area (Å²) in [6, 6.07) is 9.12. The van der Waals surface area contributed by atoms with E-state index in [1.165, 1.54) is 12.8 Å². The average Bonchev–Trinajstić information content (AvgIpc) is 3.57. The number of likely N-dealkylation sites (tertiary alicyclic amines) is 1. The van der Waals surface area contributed by atoms with Crippen LogP contribution in [0.1, 0.15) is 53.0 Å². The third-order valence-electron chi connectivity index (χ3n) is 7.24. The standard InChI is InChI=1S/C28H33N7O2/c1-18-6-7-19(26(36)29-9-11-35-10-5-8-28(35,2)3)13-23(18)33-27(37)21-12-20-14-24(32-25(20)30-15-21)22-16-31-34(4)17-22/h6-7,12-17H,5,8-11H2,1-4H3,(H,29,36)(H,30,32)(H,33,37). The van der Waals surface area contributed by atoms with Crippen LogP contribution in [0.3, 0.4) is 0 Å². The molecule has 1 saturated heterocycles. The molecule has 2 amide bonds. The van der Waals surface area contributed by atoms with Gasteiger partial charge in [0.1, 0.15) is 5.65 Å². The lowest BCUT2D eigenvalue weighted by molar-refractivity contribution is 0.0939. The molecule has 4 heterocycles. The van der Waals surface area contributed by atoms with Crippen molar-refractivity contribution in [1.29, 1.82) is 0 Å². The van der Waals surface area contributed by atoms with Crippen molar-refractivity contribution in [3.05, 3.63) is 65.6 Å². The van der Waals surface area contributed by atoms with Crippen LogP contribution in [0.25, 0.3) is 22.3 Å². The van der Waals surface area contributed by atoms with Crippen molar-refractivity contribution in [3.63, 3.8) is 0 Å². The minimum absolute atomic E-state index is 0.147. The number of H-pyrrole nitrogens is 1. The van der Waals surface area contributed by atoms with Crippen LogP contribution >= 0.6 is 0 Å². The smallest absolute Gasteiger partial charge is 0.257 e. The number of hydrogen-bond donors (Lipinski definition) is 3. The SMILES string of the molecule is Cc1ccc(C(=O)NCCN2CCCC2(C)C)cc1NC(=O)c1cnc2[nH]c(-c3cnn(C)c3)cc2c1. The molecule has 37 heavy (non-hydrogen) atoms. The molecule has 0 radical (unpaired) electrons. The van der Waals surface area contributed by atoms with E-state index in [1.807, 2.05) is 32.3 Å². The molecule has 192 valence electrons. The Kier molecular flexibility index (Phi) is 6.55. The van der Waals surface area contributed by atoms with Crippen LogP contribution < -0.4 is 10.6 Å². The van der Waals surface area contributed by atoms with Gasteiger partial charge >= 0.3 is 0 Å². The number of aromatic nitrogens is 4. The molecule has 0 spiro atoms. The number of fused-ring (bicyclic) bond motifs is 1. The van der Waals surface area contributed by atoms with E-state index < -0.39 is 0 Å². The summed E-state index contributed by atoms with van der Waals surface area (Å²) in [5.41, 5.74) is 5.14. The summed E-state index contributed by atoms with van der Waals surface area (Å²) in [4.78, 5) is 36.0. The molecule has 1 fully saturated rings. The Labute approximate surface area is 216 Å². The van der Waals surface area contributed by atoms with Crippen LogP contribution in [0.5, 0.6) is 0 Å². The molecular weight excluding hydrogens is 466 g/mol. The van der Waals surface area contributed by atoms with E-state index in [0.29, 0.717) is 29.0 Å². The van der Waals surface area contributed by atoms with Crippen molar-refractivity contribution in [3.8, 4) is 11.3 Å². The molecule has 9 heteroatoms. The second kappa shape index (κ2) is 9.82. The highest BCUT2D eigenvalue weighted by Crippen LogP contribution is 2.27. The average molecular weight is 500 g/mol. The van der Waals surface area contributed by atoms with Crippen LogP contribution in [0, 0.1) is 6.92 Å². The van der Waals surface area contributed by atoms with Crippen LogP contribution in [0.2, 0.25) is 0 Å². The number of rotatable bonds is 7. The first-order chi connectivity index (χ1) is 17.7. The van der Waals surface area contributed by atoms with Crippen LogP contribution in [-0.2, 0) is 7.05 Å². The molecule has 4 aromatic rings. The molecule has 0 bridgehead atoms. The third-order valence-corrected chi connectivity index (χ3v) is 7.24. The van der Waals surface area contributed by atoms with Crippen molar-refractivity contribution >= 4 is 28.5 Å². The quantitative estimate of drug-likeness (QED) is 0.354. The number of hydrogen-bond acceptors (Lipinski definition) is 5. The predicted molar refractivity (Wildman–Crippen MR) is 145 cm³/mol. The molecule has 9 nitrogen and oxygen atoms in total. The number of benzene rings is 1.